The van der Waals surface area contributed by atoms with Gasteiger partial charge in [0.15, 0.2) is 5.89 Å². The van der Waals surface area contributed by atoms with Crippen LogP contribution in [0.15, 0.2) is 63.9 Å². The minimum Gasteiger partial charge on any atom is -0.446 e. The summed E-state index contributed by atoms with van der Waals surface area (Å²) >= 11 is 0. The quantitative estimate of drug-likeness (QED) is 0.665. The lowest BCUT2D eigenvalue weighted by molar-refractivity contribution is 0.495. The summed E-state index contributed by atoms with van der Waals surface area (Å²) in [5.41, 5.74) is 2.77. The van der Waals surface area contributed by atoms with Crippen molar-refractivity contribution < 1.29 is 12.8 Å². The van der Waals surface area contributed by atoms with Crippen LogP contribution >= 0.6 is 0 Å². The molecular weight excluding hydrogens is 360 g/mol. The van der Waals surface area contributed by atoms with Crippen molar-refractivity contribution in [2.24, 2.45) is 5.92 Å². The lowest BCUT2D eigenvalue weighted by Crippen LogP contribution is -2.29. The SMILES string of the molecule is Cc1nc(-c2ccc(S(=O)(=O)NCC(C)Cc3ccccc3)cc2)c(C)o1. The van der Waals surface area contributed by atoms with Gasteiger partial charge in [-0.3, -0.25) is 0 Å². The molecule has 0 bridgehead atoms. The maximum Gasteiger partial charge on any atom is 0.240 e. The van der Waals surface area contributed by atoms with Crippen LogP contribution in [0.5, 0.6) is 0 Å². The summed E-state index contributed by atoms with van der Waals surface area (Å²) in [6, 6.07) is 16.8. The summed E-state index contributed by atoms with van der Waals surface area (Å²) in [5.74, 6) is 1.51. The number of aryl methyl sites for hydroxylation is 2. The van der Waals surface area contributed by atoms with Gasteiger partial charge in [0.05, 0.1) is 4.90 Å². The van der Waals surface area contributed by atoms with E-state index in [0.717, 1.165) is 23.4 Å². The standard InChI is InChI=1S/C21H24N2O3S/c1-15(13-18-7-5-4-6-8-18)14-22-27(24,25)20-11-9-19(10-12-20)21-16(2)26-17(3)23-21/h4-12,15,22H,13-14H2,1-3H3. The normalized spacial score (nSPS) is 12.9. The lowest BCUT2D eigenvalue weighted by atomic mass is 10.0. The van der Waals surface area contributed by atoms with E-state index in [1.807, 2.05) is 32.0 Å². The van der Waals surface area contributed by atoms with E-state index >= 15 is 0 Å². The Kier molecular flexibility index (Phi) is 5.77. The first kappa shape index (κ1) is 19.3. The summed E-state index contributed by atoms with van der Waals surface area (Å²) in [7, 11) is -3.55. The maximum atomic E-state index is 12.6. The summed E-state index contributed by atoms with van der Waals surface area (Å²) in [6.45, 7) is 6.06. The van der Waals surface area contributed by atoms with Crippen LogP contribution in [0.1, 0.15) is 24.1 Å². The molecule has 0 saturated heterocycles. The molecule has 1 N–H and O–H groups in total. The number of nitrogens with zero attached hydrogens (tertiary/aromatic N) is 1. The molecule has 2 aromatic carbocycles. The number of sulfonamides is 1. The minimum absolute atomic E-state index is 0.196. The summed E-state index contributed by atoms with van der Waals surface area (Å²) in [6.07, 6.45) is 0.826. The van der Waals surface area contributed by atoms with Crippen LogP contribution in [0.2, 0.25) is 0 Å². The van der Waals surface area contributed by atoms with E-state index in [4.69, 9.17) is 4.42 Å². The van der Waals surface area contributed by atoms with Crippen LogP contribution in [-0.4, -0.2) is 19.9 Å². The molecule has 1 atom stereocenters. The Morgan fingerprint density at radius 1 is 1.04 bits per heavy atom. The molecule has 1 aromatic heterocycles. The largest absolute Gasteiger partial charge is 0.446 e. The molecule has 1 unspecified atom stereocenters. The van der Waals surface area contributed by atoms with Gasteiger partial charge in [0, 0.05) is 19.0 Å². The third-order valence-electron chi connectivity index (χ3n) is 4.39. The van der Waals surface area contributed by atoms with Crippen LogP contribution in [0.25, 0.3) is 11.3 Å². The van der Waals surface area contributed by atoms with Crippen LogP contribution in [0.4, 0.5) is 0 Å². The van der Waals surface area contributed by atoms with Gasteiger partial charge in [0.2, 0.25) is 10.0 Å². The number of hydrogen-bond acceptors (Lipinski definition) is 4. The highest BCUT2D eigenvalue weighted by molar-refractivity contribution is 7.89. The molecule has 0 amide bonds. The summed E-state index contributed by atoms with van der Waals surface area (Å²) in [4.78, 5) is 4.59. The van der Waals surface area contributed by atoms with Crippen LogP contribution in [-0.2, 0) is 16.4 Å². The second kappa shape index (κ2) is 8.06. The van der Waals surface area contributed by atoms with E-state index in [0.29, 0.717) is 12.4 Å². The number of oxazole rings is 1. The number of hydrogen-bond donors (Lipinski definition) is 1. The number of benzene rings is 2. The lowest BCUT2D eigenvalue weighted by Gasteiger charge is -2.13. The Labute approximate surface area is 160 Å². The fraction of sp³-hybridized carbons (Fsp3) is 0.286. The van der Waals surface area contributed by atoms with Crippen molar-refractivity contribution in [3.05, 3.63) is 71.8 Å². The molecule has 6 heteroatoms. The van der Waals surface area contributed by atoms with Crippen molar-refractivity contribution in [2.75, 3.05) is 6.54 Å². The molecule has 3 aromatic rings. The van der Waals surface area contributed by atoms with Crippen molar-refractivity contribution in [1.82, 2.24) is 9.71 Å². The Balaban J connectivity index is 1.65. The molecule has 0 aliphatic rings. The Hall–Kier alpha value is -2.44. The van der Waals surface area contributed by atoms with E-state index in [-0.39, 0.29) is 10.8 Å². The van der Waals surface area contributed by atoms with E-state index in [1.165, 1.54) is 5.56 Å². The average Bonchev–Trinajstić information content (AvgIpc) is 2.99. The Morgan fingerprint density at radius 2 is 1.70 bits per heavy atom. The molecule has 27 heavy (non-hydrogen) atoms. The molecule has 0 radical (unpaired) electrons. The number of aromatic nitrogens is 1. The van der Waals surface area contributed by atoms with Crippen molar-refractivity contribution in [3.63, 3.8) is 0 Å². The molecule has 1 heterocycles. The van der Waals surface area contributed by atoms with E-state index in [9.17, 15) is 8.42 Å². The molecule has 5 nitrogen and oxygen atoms in total. The zero-order valence-corrected chi connectivity index (χ0v) is 16.6. The fourth-order valence-electron chi connectivity index (χ4n) is 3.01. The van der Waals surface area contributed by atoms with Crippen molar-refractivity contribution >= 4 is 10.0 Å². The van der Waals surface area contributed by atoms with Gasteiger partial charge in [0.1, 0.15) is 11.5 Å². The minimum atomic E-state index is -3.55. The van der Waals surface area contributed by atoms with Gasteiger partial charge in [-0.05, 0) is 37.0 Å². The average molecular weight is 385 g/mol. The van der Waals surface area contributed by atoms with Gasteiger partial charge < -0.3 is 4.42 Å². The van der Waals surface area contributed by atoms with E-state index in [2.05, 4.69) is 21.8 Å². The fourth-order valence-corrected chi connectivity index (χ4v) is 4.18. The van der Waals surface area contributed by atoms with E-state index in [1.54, 1.807) is 31.2 Å². The highest BCUT2D eigenvalue weighted by atomic mass is 32.2. The Bertz CT molecular complexity index is 994. The van der Waals surface area contributed by atoms with Gasteiger partial charge in [-0.1, -0.05) is 49.4 Å². The second-order valence-corrected chi connectivity index (χ2v) is 8.58. The first-order valence-electron chi connectivity index (χ1n) is 8.93. The first-order valence-corrected chi connectivity index (χ1v) is 10.4. The predicted molar refractivity (Wildman–Crippen MR) is 106 cm³/mol. The number of nitrogens with one attached hydrogen (secondary N) is 1. The highest BCUT2D eigenvalue weighted by Crippen LogP contribution is 2.24. The molecule has 0 spiro atoms. The topological polar surface area (TPSA) is 72.2 Å². The third-order valence-corrected chi connectivity index (χ3v) is 5.83. The van der Waals surface area contributed by atoms with Crippen molar-refractivity contribution in [2.45, 2.75) is 32.1 Å². The highest BCUT2D eigenvalue weighted by Gasteiger charge is 2.16. The zero-order chi connectivity index (χ0) is 19.4. The molecule has 0 saturated carbocycles. The van der Waals surface area contributed by atoms with Gasteiger partial charge in [-0.15, -0.1) is 0 Å². The first-order chi connectivity index (χ1) is 12.8. The molecular formula is C21H24N2O3S. The smallest absolute Gasteiger partial charge is 0.240 e. The molecule has 0 aliphatic heterocycles. The third kappa shape index (κ3) is 4.84. The summed E-state index contributed by atoms with van der Waals surface area (Å²) in [5, 5.41) is 0. The van der Waals surface area contributed by atoms with Crippen molar-refractivity contribution in [3.8, 4) is 11.3 Å². The summed E-state index contributed by atoms with van der Waals surface area (Å²) < 4.78 is 33.3. The predicted octanol–water partition coefficient (Wildman–Crippen LogP) is 4.12. The van der Waals surface area contributed by atoms with Crippen LogP contribution < -0.4 is 4.72 Å². The van der Waals surface area contributed by atoms with Crippen LogP contribution in [0, 0.1) is 19.8 Å². The maximum absolute atomic E-state index is 12.6. The van der Waals surface area contributed by atoms with Gasteiger partial charge >= 0.3 is 0 Å². The van der Waals surface area contributed by atoms with Crippen LogP contribution in [0.3, 0.4) is 0 Å². The molecule has 0 fully saturated rings. The van der Waals surface area contributed by atoms with E-state index < -0.39 is 10.0 Å². The molecule has 0 aliphatic carbocycles. The van der Waals surface area contributed by atoms with Crippen molar-refractivity contribution in [1.29, 1.82) is 0 Å². The van der Waals surface area contributed by atoms with Gasteiger partial charge in [-0.25, -0.2) is 18.1 Å². The monoisotopic (exact) mass is 384 g/mol. The van der Waals surface area contributed by atoms with Gasteiger partial charge in [-0.2, -0.15) is 0 Å². The molecule has 142 valence electrons. The van der Waals surface area contributed by atoms with Gasteiger partial charge in [0.25, 0.3) is 0 Å². The molecule has 3 rings (SSSR count). The number of rotatable bonds is 7. The Morgan fingerprint density at radius 3 is 2.30 bits per heavy atom. The zero-order valence-electron chi connectivity index (χ0n) is 15.8. The second-order valence-electron chi connectivity index (χ2n) is 6.81.